The zero-order chi connectivity index (χ0) is 15.9. The van der Waals surface area contributed by atoms with E-state index in [1.165, 1.54) is 19.3 Å². The average Bonchev–Trinajstić information content (AvgIpc) is 3.29. The van der Waals surface area contributed by atoms with Crippen LogP contribution in [-0.2, 0) is 6.54 Å². The molecule has 0 saturated carbocycles. The third-order valence-corrected chi connectivity index (χ3v) is 4.67. The van der Waals surface area contributed by atoms with Gasteiger partial charge >= 0.3 is 0 Å². The molecular formula is C17H27N5O. The summed E-state index contributed by atoms with van der Waals surface area (Å²) in [4.78, 5) is 6.57. The predicted molar refractivity (Wildman–Crippen MR) is 89.0 cm³/mol. The van der Waals surface area contributed by atoms with E-state index in [4.69, 9.17) is 4.42 Å². The van der Waals surface area contributed by atoms with Gasteiger partial charge in [-0.15, -0.1) is 0 Å². The first-order valence-electron chi connectivity index (χ1n) is 8.70. The van der Waals surface area contributed by atoms with Gasteiger partial charge in [-0.25, -0.2) is 4.98 Å². The van der Waals surface area contributed by atoms with E-state index in [2.05, 4.69) is 33.3 Å². The van der Waals surface area contributed by atoms with Gasteiger partial charge in [0.15, 0.2) is 0 Å². The summed E-state index contributed by atoms with van der Waals surface area (Å²) in [5.41, 5.74) is 0. The van der Waals surface area contributed by atoms with Gasteiger partial charge < -0.3 is 9.73 Å². The van der Waals surface area contributed by atoms with Crippen LogP contribution < -0.4 is 5.32 Å². The van der Waals surface area contributed by atoms with Crippen LogP contribution in [0.2, 0.25) is 0 Å². The lowest BCUT2D eigenvalue weighted by Crippen LogP contribution is -2.42. The maximum atomic E-state index is 5.71. The molecule has 1 aliphatic rings. The minimum Gasteiger partial charge on any atom is -0.468 e. The fraction of sp³-hybridized carbons (Fsp3) is 0.647. The molecule has 1 N–H and O–H groups in total. The summed E-state index contributed by atoms with van der Waals surface area (Å²) in [5.74, 6) is 1.06. The maximum Gasteiger partial charge on any atom is 0.137 e. The van der Waals surface area contributed by atoms with Crippen LogP contribution >= 0.6 is 0 Å². The molecule has 23 heavy (non-hydrogen) atoms. The Kier molecular flexibility index (Phi) is 5.82. The van der Waals surface area contributed by atoms with Crippen molar-refractivity contribution in [3.05, 3.63) is 36.8 Å². The lowest BCUT2D eigenvalue weighted by atomic mass is 10.1. The zero-order valence-electron chi connectivity index (χ0n) is 13.9. The SMILES string of the molecule is CC[C@@H](Cn1cncn1)NC[C@@H](c1ccco1)N1CCCCC1. The fourth-order valence-electron chi connectivity index (χ4n) is 3.29. The summed E-state index contributed by atoms with van der Waals surface area (Å²) in [6, 6.07) is 4.78. The van der Waals surface area contributed by atoms with Crippen molar-refractivity contribution in [3.63, 3.8) is 0 Å². The first-order chi connectivity index (χ1) is 11.4. The minimum atomic E-state index is 0.315. The molecule has 0 amide bonds. The molecule has 6 heteroatoms. The van der Waals surface area contributed by atoms with Crippen LogP contribution in [0.5, 0.6) is 0 Å². The van der Waals surface area contributed by atoms with E-state index in [0.29, 0.717) is 12.1 Å². The first-order valence-corrected chi connectivity index (χ1v) is 8.70. The topological polar surface area (TPSA) is 59.1 Å². The Morgan fingerprint density at radius 3 is 2.83 bits per heavy atom. The molecule has 0 aromatic carbocycles. The molecule has 2 aromatic heterocycles. The Labute approximate surface area is 137 Å². The molecule has 0 aliphatic carbocycles. The highest BCUT2D eigenvalue weighted by molar-refractivity contribution is 5.06. The second kappa shape index (κ2) is 8.26. The van der Waals surface area contributed by atoms with E-state index < -0.39 is 0 Å². The molecule has 3 heterocycles. The van der Waals surface area contributed by atoms with Gasteiger partial charge in [0.25, 0.3) is 0 Å². The van der Waals surface area contributed by atoms with Crippen LogP contribution in [0.1, 0.15) is 44.4 Å². The van der Waals surface area contributed by atoms with Gasteiger partial charge in [-0.2, -0.15) is 5.10 Å². The highest BCUT2D eigenvalue weighted by Crippen LogP contribution is 2.24. The molecule has 3 rings (SSSR count). The molecule has 6 nitrogen and oxygen atoms in total. The molecule has 1 saturated heterocycles. The normalized spacial score (nSPS) is 18.8. The Balaban J connectivity index is 1.60. The van der Waals surface area contributed by atoms with Crippen molar-refractivity contribution in [1.82, 2.24) is 25.0 Å². The highest BCUT2D eigenvalue weighted by atomic mass is 16.3. The van der Waals surface area contributed by atoms with Crippen molar-refractivity contribution < 1.29 is 4.42 Å². The maximum absolute atomic E-state index is 5.71. The monoisotopic (exact) mass is 317 g/mol. The van der Waals surface area contributed by atoms with E-state index in [9.17, 15) is 0 Å². The Bertz CT molecular complexity index is 533. The number of aromatic nitrogens is 3. The van der Waals surface area contributed by atoms with Crippen molar-refractivity contribution in [3.8, 4) is 0 Å². The molecule has 0 radical (unpaired) electrons. The predicted octanol–water partition coefficient (Wildman–Crippen LogP) is 2.47. The number of furan rings is 1. The van der Waals surface area contributed by atoms with Crippen LogP contribution in [0, 0.1) is 0 Å². The van der Waals surface area contributed by atoms with E-state index in [1.807, 2.05) is 10.7 Å². The second-order valence-electron chi connectivity index (χ2n) is 6.26. The van der Waals surface area contributed by atoms with Crippen LogP contribution in [0.15, 0.2) is 35.5 Å². The largest absolute Gasteiger partial charge is 0.468 e. The number of nitrogens with one attached hydrogen (secondary N) is 1. The highest BCUT2D eigenvalue weighted by Gasteiger charge is 2.25. The standard InChI is InChI=1S/C17H27N5O/c1-2-15(12-22-14-18-13-20-22)19-11-16(17-7-6-10-23-17)21-8-4-3-5-9-21/h6-7,10,13-16,19H,2-5,8-9,11-12H2,1H3/t15-,16-/m0/s1. The summed E-state index contributed by atoms with van der Waals surface area (Å²) < 4.78 is 7.60. The molecule has 0 spiro atoms. The van der Waals surface area contributed by atoms with E-state index in [0.717, 1.165) is 38.4 Å². The van der Waals surface area contributed by atoms with Crippen LogP contribution in [0.3, 0.4) is 0 Å². The van der Waals surface area contributed by atoms with Gasteiger partial charge in [0, 0.05) is 12.6 Å². The molecular weight excluding hydrogens is 290 g/mol. The van der Waals surface area contributed by atoms with Crippen molar-refractivity contribution in [2.24, 2.45) is 0 Å². The smallest absolute Gasteiger partial charge is 0.137 e. The number of hydrogen-bond donors (Lipinski definition) is 1. The van der Waals surface area contributed by atoms with Crippen molar-refractivity contribution in [1.29, 1.82) is 0 Å². The molecule has 0 bridgehead atoms. The van der Waals surface area contributed by atoms with Crippen molar-refractivity contribution in [2.45, 2.75) is 51.2 Å². The summed E-state index contributed by atoms with van der Waals surface area (Å²) in [6.07, 6.45) is 10.1. The number of hydrogen-bond acceptors (Lipinski definition) is 5. The van der Waals surface area contributed by atoms with E-state index >= 15 is 0 Å². The Morgan fingerprint density at radius 1 is 1.30 bits per heavy atom. The first kappa shape index (κ1) is 16.2. The van der Waals surface area contributed by atoms with Crippen LogP contribution in [0.4, 0.5) is 0 Å². The van der Waals surface area contributed by atoms with Gasteiger partial charge in [-0.1, -0.05) is 13.3 Å². The molecule has 2 atom stereocenters. The number of nitrogens with zero attached hydrogens (tertiary/aromatic N) is 4. The average molecular weight is 317 g/mol. The summed E-state index contributed by atoms with van der Waals surface area (Å²) in [7, 11) is 0. The zero-order valence-corrected chi connectivity index (χ0v) is 13.9. The van der Waals surface area contributed by atoms with Gasteiger partial charge in [0.1, 0.15) is 18.4 Å². The van der Waals surface area contributed by atoms with Crippen LogP contribution in [-0.4, -0.2) is 45.3 Å². The number of piperidine rings is 1. The molecule has 0 unspecified atom stereocenters. The van der Waals surface area contributed by atoms with Crippen molar-refractivity contribution in [2.75, 3.05) is 19.6 Å². The van der Waals surface area contributed by atoms with E-state index in [-0.39, 0.29) is 0 Å². The van der Waals surface area contributed by atoms with E-state index in [1.54, 1.807) is 18.9 Å². The summed E-state index contributed by atoms with van der Waals surface area (Å²) in [5, 5.41) is 7.91. The summed E-state index contributed by atoms with van der Waals surface area (Å²) in [6.45, 7) is 6.28. The molecule has 1 aliphatic heterocycles. The van der Waals surface area contributed by atoms with Gasteiger partial charge in [0.05, 0.1) is 18.8 Å². The lowest BCUT2D eigenvalue weighted by molar-refractivity contribution is 0.139. The third-order valence-electron chi connectivity index (χ3n) is 4.67. The Hall–Kier alpha value is -1.66. The van der Waals surface area contributed by atoms with Crippen LogP contribution in [0.25, 0.3) is 0 Å². The molecule has 1 fully saturated rings. The fourth-order valence-corrected chi connectivity index (χ4v) is 3.29. The molecule has 126 valence electrons. The number of rotatable bonds is 8. The molecule has 2 aromatic rings. The second-order valence-corrected chi connectivity index (χ2v) is 6.26. The minimum absolute atomic E-state index is 0.315. The van der Waals surface area contributed by atoms with Gasteiger partial charge in [-0.3, -0.25) is 9.58 Å². The number of likely N-dealkylation sites (tertiary alicyclic amines) is 1. The van der Waals surface area contributed by atoms with Gasteiger partial charge in [-0.05, 0) is 44.5 Å². The lowest BCUT2D eigenvalue weighted by Gasteiger charge is -2.34. The Morgan fingerprint density at radius 2 is 2.17 bits per heavy atom. The third kappa shape index (κ3) is 4.42. The van der Waals surface area contributed by atoms with Crippen molar-refractivity contribution >= 4 is 0 Å². The van der Waals surface area contributed by atoms with Gasteiger partial charge in [0.2, 0.25) is 0 Å². The summed E-state index contributed by atoms with van der Waals surface area (Å²) >= 11 is 0. The quantitative estimate of drug-likeness (QED) is 0.810.